The molecule has 1 aromatic carbocycles. The molecule has 2 heterocycles. The van der Waals surface area contributed by atoms with E-state index in [1.165, 1.54) is 0 Å². The summed E-state index contributed by atoms with van der Waals surface area (Å²) >= 11 is 0. The summed E-state index contributed by atoms with van der Waals surface area (Å²) in [6, 6.07) is 8.83. The third kappa shape index (κ3) is 4.00. The zero-order valence-electron chi connectivity index (χ0n) is 14.3. The number of benzene rings is 1. The van der Waals surface area contributed by atoms with Crippen molar-refractivity contribution in [2.24, 2.45) is 0 Å². The number of hydrogen-bond donors (Lipinski definition) is 1. The maximum absolute atomic E-state index is 12.5. The molecule has 1 amide bonds. The lowest BCUT2D eigenvalue weighted by atomic mass is 10.2. The molecule has 0 spiro atoms. The van der Waals surface area contributed by atoms with E-state index in [9.17, 15) is 4.79 Å². The van der Waals surface area contributed by atoms with Crippen LogP contribution in [0.15, 0.2) is 36.5 Å². The van der Waals surface area contributed by atoms with Crippen molar-refractivity contribution in [1.82, 2.24) is 4.98 Å². The van der Waals surface area contributed by atoms with E-state index in [1.807, 2.05) is 6.07 Å². The summed E-state index contributed by atoms with van der Waals surface area (Å²) in [6.45, 7) is 3.07. The molecule has 0 aliphatic carbocycles. The van der Waals surface area contributed by atoms with E-state index >= 15 is 0 Å². The van der Waals surface area contributed by atoms with Gasteiger partial charge in [0, 0.05) is 19.2 Å². The monoisotopic (exact) mass is 343 g/mol. The molecular formula is C18H21N3O4. The van der Waals surface area contributed by atoms with Crippen molar-refractivity contribution in [3.05, 3.63) is 42.2 Å². The second-order valence-corrected chi connectivity index (χ2v) is 5.52. The number of rotatable bonds is 5. The van der Waals surface area contributed by atoms with Gasteiger partial charge in [0.15, 0.2) is 0 Å². The minimum Gasteiger partial charge on any atom is -0.497 e. The van der Waals surface area contributed by atoms with E-state index in [2.05, 4.69) is 15.2 Å². The SMILES string of the molecule is COc1ccc(OC)c(NC(=O)c2ccc(N3CCOCC3)cn2)c1. The molecule has 0 saturated carbocycles. The highest BCUT2D eigenvalue weighted by molar-refractivity contribution is 6.03. The average molecular weight is 343 g/mol. The number of nitrogens with zero attached hydrogens (tertiary/aromatic N) is 2. The van der Waals surface area contributed by atoms with E-state index in [0.717, 1.165) is 18.8 Å². The van der Waals surface area contributed by atoms with E-state index in [0.29, 0.717) is 36.1 Å². The number of methoxy groups -OCH3 is 2. The van der Waals surface area contributed by atoms with Gasteiger partial charge in [-0.1, -0.05) is 0 Å². The number of carbonyl (C=O) groups excluding carboxylic acids is 1. The second-order valence-electron chi connectivity index (χ2n) is 5.52. The van der Waals surface area contributed by atoms with Crippen LogP contribution in [-0.2, 0) is 4.74 Å². The fourth-order valence-corrected chi connectivity index (χ4v) is 2.63. The Kier molecular flexibility index (Phi) is 5.35. The summed E-state index contributed by atoms with van der Waals surface area (Å²) in [7, 11) is 3.12. The van der Waals surface area contributed by atoms with Crippen LogP contribution in [0.5, 0.6) is 11.5 Å². The fourth-order valence-electron chi connectivity index (χ4n) is 2.63. The first-order valence-corrected chi connectivity index (χ1v) is 8.03. The smallest absolute Gasteiger partial charge is 0.274 e. The number of amides is 1. The predicted molar refractivity (Wildman–Crippen MR) is 94.8 cm³/mol. The Hall–Kier alpha value is -2.80. The molecule has 0 bridgehead atoms. The van der Waals surface area contributed by atoms with Crippen LogP contribution >= 0.6 is 0 Å². The van der Waals surface area contributed by atoms with Crippen LogP contribution < -0.4 is 19.7 Å². The van der Waals surface area contributed by atoms with Crippen LogP contribution in [0.25, 0.3) is 0 Å². The van der Waals surface area contributed by atoms with Crippen molar-refractivity contribution in [2.45, 2.75) is 0 Å². The maximum atomic E-state index is 12.5. The molecule has 2 aromatic rings. The number of nitrogens with one attached hydrogen (secondary N) is 1. The minimum atomic E-state index is -0.305. The number of aromatic nitrogens is 1. The lowest BCUT2D eigenvalue weighted by molar-refractivity contribution is 0.102. The molecule has 132 valence electrons. The van der Waals surface area contributed by atoms with Gasteiger partial charge in [0.05, 0.1) is 45.0 Å². The Labute approximate surface area is 146 Å². The van der Waals surface area contributed by atoms with Gasteiger partial charge in [-0.3, -0.25) is 4.79 Å². The minimum absolute atomic E-state index is 0.305. The number of anilines is 2. The third-order valence-corrected chi connectivity index (χ3v) is 4.01. The van der Waals surface area contributed by atoms with Crippen LogP contribution in [0, 0.1) is 0 Å². The topological polar surface area (TPSA) is 72.9 Å². The molecule has 7 nitrogen and oxygen atoms in total. The molecule has 7 heteroatoms. The lowest BCUT2D eigenvalue weighted by Crippen LogP contribution is -2.36. The van der Waals surface area contributed by atoms with Crippen molar-refractivity contribution < 1.29 is 19.0 Å². The molecular weight excluding hydrogens is 322 g/mol. The lowest BCUT2D eigenvalue weighted by Gasteiger charge is -2.28. The average Bonchev–Trinajstić information content (AvgIpc) is 2.68. The Morgan fingerprint density at radius 3 is 2.60 bits per heavy atom. The standard InChI is InChI=1S/C18H21N3O4/c1-23-14-4-6-17(24-2)16(11-14)20-18(22)15-5-3-13(12-19-15)21-7-9-25-10-8-21/h3-6,11-12H,7-10H2,1-2H3,(H,20,22). The van der Waals surface area contributed by atoms with Gasteiger partial charge < -0.3 is 24.4 Å². The van der Waals surface area contributed by atoms with Gasteiger partial charge in [-0.2, -0.15) is 0 Å². The number of pyridine rings is 1. The van der Waals surface area contributed by atoms with Crippen molar-refractivity contribution in [2.75, 3.05) is 50.7 Å². The molecule has 0 atom stereocenters. The van der Waals surface area contributed by atoms with Gasteiger partial charge in [-0.15, -0.1) is 0 Å². The zero-order chi connectivity index (χ0) is 17.6. The Balaban J connectivity index is 1.73. The van der Waals surface area contributed by atoms with Crippen molar-refractivity contribution in [3.63, 3.8) is 0 Å². The van der Waals surface area contributed by atoms with E-state index in [4.69, 9.17) is 14.2 Å². The van der Waals surface area contributed by atoms with Gasteiger partial charge in [0.25, 0.3) is 5.91 Å². The molecule has 1 aliphatic rings. The van der Waals surface area contributed by atoms with Gasteiger partial charge >= 0.3 is 0 Å². The molecule has 0 radical (unpaired) electrons. The molecule has 0 unspecified atom stereocenters. The Morgan fingerprint density at radius 1 is 1.16 bits per heavy atom. The molecule has 1 aromatic heterocycles. The summed E-state index contributed by atoms with van der Waals surface area (Å²) in [5.41, 5.74) is 1.85. The third-order valence-electron chi connectivity index (χ3n) is 4.01. The fraction of sp³-hybridized carbons (Fsp3) is 0.333. The molecule has 1 fully saturated rings. The highest BCUT2D eigenvalue weighted by atomic mass is 16.5. The molecule has 1 aliphatic heterocycles. The van der Waals surface area contributed by atoms with Gasteiger partial charge in [0.2, 0.25) is 0 Å². The zero-order valence-corrected chi connectivity index (χ0v) is 14.3. The summed E-state index contributed by atoms with van der Waals surface area (Å²) in [5.74, 6) is 0.880. The van der Waals surface area contributed by atoms with Gasteiger partial charge in [-0.05, 0) is 24.3 Å². The normalized spacial score (nSPS) is 14.1. The van der Waals surface area contributed by atoms with Crippen LogP contribution in [0.1, 0.15) is 10.5 Å². The summed E-state index contributed by atoms with van der Waals surface area (Å²) < 4.78 is 15.8. The molecule has 1 N–H and O–H groups in total. The summed E-state index contributed by atoms with van der Waals surface area (Å²) in [4.78, 5) is 18.9. The number of hydrogen-bond acceptors (Lipinski definition) is 6. The molecule has 1 saturated heterocycles. The second kappa shape index (κ2) is 7.85. The number of ether oxygens (including phenoxy) is 3. The molecule has 25 heavy (non-hydrogen) atoms. The van der Waals surface area contributed by atoms with Crippen LogP contribution in [0.3, 0.4) is 0 Å². The van der Waals surface area contributed by atoms with E-state index < -0.39 is 0 Å². The first-order valence-electron chi connectivity index (χ1n) is 8.03. The van der Waals surface area contributed by atoms with Crippen LogP contribution in [0.4, 0.5) is 11.4 Å². The largest absolute Gasteiger partial charge is 0.497 e. The van der Waals surface area contributed by atoms with Gasteiger partial charge in [-0.25, -0.2) is 4.98 Å². The summed E-state index contributed by atoms with van der Waals surface area (Å²) in [5, 5.41) is 2.81. The highest BCUT2D eigenvalue weighted by Gasteiger charge is 2.15. The van der Waals surface area contributed by atoms with Crippen molar-refractivity contribution in [1.29, 1.82) is 0 Å². The van der Waals surface area contributed by atoms with E-state index in [-0.39, 0.29) is 5.91 Å². The first-order chi connectivity index (χ1) is 12.2. The van der Waals surface area contributed by atoms with Crippen LogP contribution in [0.2, 0.25) is 0 Å². The Morgan fingerprint density at radius 2 is 1.96 bits per heavy atom. The van der Waals surface area contributed by atoms with E-state index in [1.54, 1.807) is 44.7 Å². The Bertz CT molecular complexity index is 728. The predicted octanol–water partition coefficient (Wildman–Crippen LogP) is 2.19. The van der Waals surface area contributed by atoms with Crippen LogP contribution in [-0.4, -0.2) is 51.4 Å². The van der Waals surface area contributed by atoms with Crippen molar-refractivity contribution in [3.8, 4) is 11.5 Å². The number of carbonyl (C=O) groups is 1. The molecule has 3 rings (SSSR count). The maximum Gasteiger partial charge on any atom is 0.274 e. The summed E-state index contributed by atoms with van der Waals surface area (Å²) in [6.07, 6.45) is 1.71. The quantitative estimate of drug-likeness (QED) is 0.897. The van der Waals surface area contributed by atoms with Gasteiger partial charge in [0.1, 0.15) is 17.2 Å². The highest BCUT2D eigenvalue weighted by Crippen LogP contribution is 2.29. The van der Waals surface area contributed by atoms with Crippen molar-refractivity contribution >= 4 is 17.3 Å². The first kappa shape index (κ1) is 17.0. The number of morpholine rings is 1.